The van der Waals surface area contributed by atoms with E-state index in [1.54, 1.807) is 14.2 Å². The lowest BCUT2D eigenvalue weighted by Crippen LogP contribution is -2.55. The maximum absolute atomic E-state index is 12.8. The van der Waals surface area contributed by atoms with Crippen LogP contribution in [-0.4, -0.2) is 68.4 Å². The number of carbonyl (C=O) groups is 2. The van der Waals surface area contributed by atoms with Crippen molar-refractivity contribution in [3.63, 3.8) is 0 Å². The number of piperidine rings is 1. The van der Waals surface area contributed by atoms with Crippen LogP contribution in [0.4, 0.5) is 5.13 Å². The molecule has 1 amide bonds. The average Bonchev–Trinajstić information content (AvgIpc) is 3.30. The fourth-order valence-corrected chi connectivity index (χ4v) is 4.81. The first kappa shape index (κ1) is 23.5. The number of anilines is 1. The zero-order valence-electron chi connectivity index (χ0n) is 18.2. The second kappa shape index (κ2) is 9.99. The van der Waals surface area contributed by atoms with Crippen molar-refractivity contribution in [2.45, 2.75) is 39.0 Å². The molecule has 31 heavy (non-hydrogen) atoms. The highest BCUT2D eigenvalue weighted by Gasteiger charge is 2.33. The highest BCUT2D eigenvalue weighted by Crippen LogP contribution is 2.30. The molecule has 2 atom stereocenters. The number of nitrogens with one attached hydrogen (secondary N) is 2. The number of aromatic nitrogens is 2. The minimum absolute atomic E-state index is 0.172. The standard InChI is InChI=1S/C20H27ClN4O5S/c1-10-15(21)11(2)22-16(10)18(26)23-12-6-7-25(8-14(12)29-4)20-24-13(9-28-3)17(31-20)19(27)30-5/h12,14,22H,6-9H2,1-5H3,(H,23,26)/t12-,14+/m1/s1. The summed E-state index contributed by atoms with van der Waals surface area (Å²) >= 11 is 7.47. The highest BCUT2D eigenvalue weighted by molar-refractivity contribution is 7.17. The number of aryl methyl sites for hydroxylation is 1. The molecular formula is C20H27ClN4O5S. The van der Waals surface area contributed by atoms with Crippen molar-refractivity contribution in [2.24, 2.45) is 0 Å². The fraction of sp³-hybridized carbons (Fsp3) is 0.550. The third kappa shape index (κ3) is 4.87. The van der Waals surface area contributed by atoms with Gasteiger partial charge in [0.1, 0.15) is 10.6 Å². The van der Waals surface area contributed by atoms with Gasteiger partial charge in [0.25, 0.3) is 5.91 Å². The van der Waals surface area contributed by atoms with Gasteiger partial charge in [-0.15, -0.1) is 0 Å². The Balaban J connectivity index is 1.73. The Hall–Kier alpha value is -2.14. The van der Waals surface area contributed by atoms with Gasteiger partial charge in [-0.3, -0.25) is 4.79 Å². The molecule has 0 aromatic carbocycles. The first-order valence-electron chi connectivity index (χ1n) is 9.80. The maximum atomic E-state index is 12.8. The van der Waals surface area contributed by atoms with E-state index in [0.29, 0.717) is 45.9 Å². The van der Waals surface area contributed by atoms with Crippen LogP contribution in [0.3, 0.4) is 0 Å². The van der Waals surface area contributed by atoms with Gasteiger partial charge in [0.2, 0.25) is 0 Å². The van der Waals surface area contributed by atoms with E-state index in [4.69, 9.17) is 25.8 Å². The van der Waals surface area contributed by atoms with Crippen molar-refractivity contribution in [2.75, 3.05) is 39.3 Å². The number of methoxy groups -OCH3 is 3. The van der Waals surface area contributed by atoms with E-state index in [1.807, 2.05) is 18.7 Å². The Kier molecular flexibility index (Phi) is 7.58. The first-order chi connectivity index (χ1) is 14.8. The number of hydrogen-bond acceptors (Lipinski definition) is 8. The Labute approximate surface area is 190 Å². The number of hydrogen-bond donors (Lipinski definition) is 2. The topological polar surface area (TPSA) is 106 Å². The number of aromatic amines is 1. The first-order valence-corrected chi connectivity index (χ1v) is 11.0. The van der Waals surface area contributed by atoms with Gasteiger partial charge in [-0.25, -0.2) is 9.78 Å². The molecule has 0 radical (unpaired) electrons. The summed E-state index contributed by atoms with van der Waals surface area (Å²) in [5.74, 6) is -0.644. The molecule has 170 valence electrons. The number of esters is 1. The summed E-state index contributed by atoms with van der Waals surface area (Å²) in [7, 11) is 4.51. The number of carbonyl (C=O) groups excluding carboxylic acids is 2. The summed E-state index contributed by atoms with van der Waals surface area (Å²) in [6.07, 6.45) is 0.407. The fourth-order valence-electron chi connectivity index (χ4n) is 3.65. The Morgan fingerprint density at radius 1 is 1.32 bits per heavy atom. The molecule has 0 bridgehead atoms. The van der Waals surface area contributed by atoms with Gasteiger partial charge in [-0.05, 0) is 25.8 Å². The minimum atomic E-state index is -0.434. The van der Waals surface area contributed by atoms with Crippen LogP contribution in [0, 0.1) is 13.8 Å². The predicted molar refractivity (Wildman–Crippen MR) is 118 cm³/mol. The molecule has 9 nitrogen and oxygen atoms in total. The summed E-state index contributed by atoms with van der Waals surface area (Å²) in [5, 5.41) is 4.33. The second-order valence-electron chi connectivity index (χ2n) is 7.35. The van der Waals surface area contributed by atoms with Crippen LogP contribution in [0.25, 0.3) is 0 Å². The van der Waals surface area contributed by atoms with Crippen LogP contribution >= 0.6 is 22.9 Å². The predicted octanol–water partition coefficient (Wildman–Crippen LogP) is 2.70. The average molecular weight is 471 g/mol. The van der Waals surface area contributed by atoms with Gasteiger partial charge >= 0.3 is 5.97 Å². The van der Waals surface area contributed by atoms with Gasteiger partial charge < -0.3 is 29.4 Å². The summed E-state index contributed by atoms with van der Waals surface area (Å²) in [5.41, 5.74) is 2.51. The number of nitrogens with zero attached hydrogens (tertiary/aromatic N) is 2. The van der Waals surface area contributed by atoms with Gasteiger partial charge in [0.15, 0.2) is 5.13 Å². The molecular weight excluding hydrogens is 444 g/mol. The lowest BCUT2D eigenvalue weighted by molar-refractivity contribution is 0.0540. The van der Waals surface area contributed by atoms with Gasteiger partial charge in [-0.1, -0.05) is 22.9 Å². The van der Waals surface area contributed by atoms with E-state index in [-0.39, 0.29) is 24.7 Å². The minimum Gasteiger partial charge on any atom is -0.465 e. The lowest BCUT2D eigenvalue weighted by Gasteiger charge is -2.37. The second-order valence-corrected chi connectivity index (χ2v) is 8.71. The molecule has 3 heterocycles. The molecule has 1 aliphatic heterocycles. The summed E-state index contributed by atoms with van der Waals surface area (Å²) in [6.45, 7) is 5.03. The zero-order valence-corrected chi connectivity index (χ0v) is 19.8. The molecule has 1 aliphatic rings. The van der Waals surface area contributed by atoms with Crippen molar-refractivity contribution >= 4 is 39.9 Å². The number of ether oxygens (including phenoxy) is 3. The van der Waals surface area contributed by atoms with Gasteiger partial charge in [0, 0.05) is 33.0 Å². The Bertz CT molecular complexity index is 960. The molecule has 3 rings (SSSR count). The monoisotopic (exact) mass is 470 g/mol. The van der Waals surface area contributed by atoms with Crippen molar-refractivity contribution in [1.82, 2.24) is 15.3 Å². The molecule has 1 saturated heterocycles. The van der Waals surface area contributed by atoms with Crippen molar-refractivity contribution in [3.05, 3.63) is 32.5 Å². The van der Waals surface area contributed by atoms with Crippen molar-refractivity contribution in [3.8, 4) is 0 Å². The third-order valence-corrected chi connectivity index (χ3v) is 7.07. The van der Waals surface area contributed by atoms with Crippen molar-refractivity contribution in [1.29, 1.82) is 0 Å². The summed E-state index contributed by atoms with van der Waals surface area (Å²) in [6, 6.07) is -0.172. The molecule has 0 spiro atoms. The number of amides is 1. The number of thiazole rings is 1. The highest BCUT2D eigenvalue weighted by atomic mass is 35.5. The van der Waals surface area contributed by atoms with Crippen LogP contribution in [-0.2, 0) is 20.8 Å². The molecule has 11 heteroatoms. The Morgan fingerprint density at radius 2 is 2.06 bits per heavy atom. The zero-order chi connectivity index (χ0) is 22.7. The number of rotatable bonds is 7. The Morgan fingerprint density at radius 3 is 2.65 bits per heavy atom. The molecule has 2 N–H and O–H groups in total. The van der Waals surface area contributed by atoms with E-state index in [9.17, 15) is 9.59 Å². The molecule has 2 aromatic rings. The molecule has 1 fully saturated rings. The number of halogens is 1. The van der Waals surface area contributed by atoms with Crippen LogP contribution < -0.4 is 10.2 Å². The van der Waals surface area contributed by atoms with Gasteiger partial charge in [-0.2, -0.15) is 0 Å². The molecule has 0 unspecified atom stereocenters. The smallest absolute Gasteiger partial charge is 0.350 e. The van der Waals surface area contributed by atoms with E-state index in [1.165, 1.54) is 18.4 Å². The van der Waals surface area contributed by atoms with Crippen LogP contribution in [0.2, 0.25) is 5.02 Å². The summed E-state index contributed by atoms with van der Waals surface area (Å²) < 4.78 is 15.7. The quantitative estimate of drug-likeness (QED) is 0.599. The van der Waals surface area contributed by atoms with E-state index >= 15 is 0 Å². The van der Waals surface area contributed by atoms with Gasteiger partial charge in [0.05, 0.1) is 36.6 Å². The molecule has 0 saturated carbocycles. The third-order valence-electron chi connectivity index (χ3n) is 5.36. The van der Waals surface area contributed by atoms with Crippen LogP contribution in [0.1, 0.15) is 43.5 Å². The summed E-state index contributed by atoms with van der Waals surface area (Å²) in [4.78, 5) is 35.0. The molecule has 2 aromatic heterocycles. The van der Waals surface area contributed by atoms with E-state index in [2.05, 4.69) is 15.3 Å². The van der Waals surface area contributed by atoms with Crippen LogP contribution in [0.5, 0.6) is 0 Å². The lowest BCUT2D eigenvalue weighted by atomic mass is 10.0. The van der Waals surface area contributed by atoms with Crippen molar-refractivity contribution < 1.29 is 23.8 Å². The maximum Gasteiger partial charge on any atom is 0.350 e. The van der Waals surface area contributed by atoms with E-state index < -0.39 is 5.97 Å². The largest absolute Gasteiger partial charge is 0.465 e. The number of H-pyrrole nitrogens is 1. The molecule has 0 aliphatic carbocycles. The SMILES string of the molecule is COCc1nc(N2CC[C@@H](NC(=O)c3[nH]c(C)c(Cl)c3C)[C@@H](OC)C2)sc1C(=O)OC. The van der Waals surface area contributed by atoms with E-state index in [0.717, 1.165) is 11.3 Å². The van der Waals surface area contributed by atoms with Crippen LogP contribution in [0.15, 0.2) is 0 Å². The normalized spacial score (nSPS) is 18.8.